The van der Waals surface area contributed by atoms with Crippen molar-refractivity contribution in [2.45, 2.75) is 13.1 Å². The Morgan fingerprint density at radius 3 is 2.36 bits per heavy atom. The van der Waals surface area contributed by atoms with Gasteiger partial charge in [-0.05, 0) is 39.8 Å². The van der Waals surface area contributed by atoms with Crippen molar-refractivity contribution in [1.29, 1.82) is 0 Å². The van der Waals surface area contributed by atoms with E-state index in [0.29, 0.717) is 13.1 Å². The Labute approximate surface area is 162 Å². The third-order valence-electron chi connectivity index (χ3n) is 4.53. The van der Waals surface area contributed by atoms with Gasteiger partial charge in [0.1, 0.15) is 11.5 Å². The van der Waals surface area contributed by atoms with Crippen molar-refractivity contribution in [3.05, 3.63) is 71.9 Å². The predicted molar refractivity (Wildman–Crippen MR) is 106 cm³/mol. The molecule has 4 rings (SSSR count). The molecule has 1 N–H and O–H groups in total. The molecule has 2 heterocycles. The number of nitrogens with zero attached hydrogens (tertiary/aromatic N) is 4. The maximum absolute atomic E-state index is 5.34. The van der Waals surface area contributed by atoms with Gasteiger partial charge < -0.3 is 14.8 Å². The normalized spacial score (nSPS) is 10.9. The lowest BCUT2D eigenvalue weighted by Crippen LogP contribution is -2.14. The molecule has 0 spiro atoms. The summed E-state index contributed by atoms with van der Waals surface area (Å²) in [5.41, 5.74) is 5.04. The molecule has 0 radical (unpaired) electrons. The molecule has 4 aromatic rings. The van der Waals surface area contributed by atoms with E-state index >= 15 is 0 Å². The molecule has 2 aromatic heterocycles. The van der Waals surface area contributed by atoms with Gasteiger partial charge in [0.25, 0.3) is 0 Å². The Bertz CT molecular complexity index is 1060. The van der Waals surface area contributed by atoms with Crippen molar-refractivity contribution in [1.82, 2.24) is 25.4 Å². The third kappa shape index (κ3) is 3.79. The van der Waals surface area contributed by atoms with E-state index in [0.717, 1.165) is 39.4 Å². The first-order valence-corrected chi connectivity index (χ1v) is 8.95. The SMILES string of the molecule is COc1cc(CNCc2cc(-c3ccccc3)cn3nnnc23)cc(OC)c1. The van der Waals surface area contributed by atoms with Crippen molar-refractivity contribution in [2.75, 3.05) is 14.2 Å². The lowest BCUT2D eigenvalue weighted by Gasteiger charge is -2.11. The van der Waals surface area contributed by atoms with Gasteiger partial charge in [0.15, 0.2) is 5.65 Å². The summed E-state index contributed by atoms with van der Waals surface area (Å²) in [6.45, 7) is 1.29. The van der Waals surface area contributed by atoms with E-state index in [9.17, 15) is 0 Å². The monoisotopic (exact) mass is 375 g/mol. The zero-order valence-electron chi connectivity index (χ0n) is 15.8. The molecule has 0 saturated heterocycles. The molecule has 0 unspecified atom stereocenters. The highest BCUT2D eigenvalue weighted by atomic mass is 16.5. The van der Waals surface area contributed by atoms with Gasteiger partial charge in [0, 0.05) is 36.5 Å². The van der Waals surface area contributed by atoms with Gasteiger partial charge in [-0.2, -0.15) is 4.52 Å². The summed E-state index contributed by atoms with van der Waals surface area (Å²) >= 11 is 0. The lowest BCUT2D eigenvalue weighted by atomic mass is 10.1. The molecule has 0 bridgehead atoms. The zero-order valence-corrected chi connectivity index (χ0v) is 15.8. The Morgan fingerprint density at radius 1 is 0.893 bits per heavy atom. The number of methoxy groups -OCH3 is 2. The lowest BCUT2D eigenvalue weighted by molar-refractivity contribution is 0.393. The summed E-state index contributed by atoms with van der Waals surface area (Å²) < 4.78 is 12.4. The fourth-order valence-electron chi connectivity index (χ4n) is 3.14. The number of fused-ring (bicyclic) bond motifs is 1. The Hall–Kier alpha value is -3.45. The first kappa shape index (κ1) is 17.9. The highest BCUT2D eigenvalue weighted by molar-refractivity contribution is 5.66. The fourth-order valence-corrected chi connectivity index (χ4v) is 3.14. The zero-order chi connectivity index (χ0) is 19.3. The molecular formula is C21H21N5O2. The molecule has 0 aliphatic carbocycles. The minimum absolute atomic E-state index is 0.629. The summed E-state index contributed by atoms with van der Waals surface area (Å²) in [7, 11) is 3.30. The number of rotatable bonds is 7. The van der Waals surface area contributed by atoms with E-state index in [4.69, 9.17) is 9.47 Å². The highest BCUT2D eigenvalue weighted by Gasteiger charge is 2.09. The predicted octanol–water partition coefficient (Wildman–Crippen LogP) is 3.10. The molecule has 0 saturated carbocycles. The summed E-state index contributed by atoms with van der Waals surface area (Å²) in [4.78, 5) is 0. The third-order valence-corrected chi connectivity index (χ3v) is 4.53. The van der Waals surface area contributed by atoms with Crippen LogP contribution in [0.25, 0.3) is 16.8 Å². The van der Waals surface area contributed by atoms with Crippen LogP contribution < -0.4 is 14.8 Å². The van der Waals surface area contributed by atoms with Crippen molar-refractivity contribution >= 4 is 5.65 Å². The molecule has 2 aromatic carbocycles. The number of aromatic nitrogens is 4. The number of hydrogen-bond acceptors (Lipinski definition) is 6. The van der Waals surface area contributed by atoms with Crippen molar-refractivity contribution < 1.29 is 9.47 Å². The first-order valence-electron chi connectivity index (χ1n) is 8.95. The van der Waals surface area contributed by atoms with E-state index in [2.05, 4.69) is 39.0 Å². The van der Waals surface area contributed by atoms with E-state index in [1.165, 1.54) is 0 Å². The highest BCUT2D eigenvalue weighted by Crippen LogP contribution is 2.24. The summed E-state index contributed by atoms with van der Waals surface area (Å²) in [5, 5.41) is 15.5. The number of pyridine rings is 1. The molecule has 28 heavy (non-hydrogen) atoms. The largest absolute Gasteiger partial charge is 0.497 e. The van der Waals surface area contributed by atoms with Crippen LogP contribution in [0.3, 0.4) is 0 Å². The van der Waals surface area contributed by atoms with E-state index in [1.807, 2.05) is 42.6 Å². The van der Waals surface area contributed by atoms with Crippen LogP contribution in [0.15, 0.2) is 60.8 Å². The van der Waals surface area contributed by atoms with Crippen molar-refractivity contribution in [3.63, 3.8) is 0 Å². The molecular weight excluding hydrogens is 354 g/mol. The molecule has 0 aliphatic heterocycles. The fraction of sp³-hybridized carbons (Fsp3) is 0.190. The number of nitrogens with one attached hydrogen (secondary N) is 1. The standard InChI is InChI=1S/C21H21N5O2/c1-27-19-8-15(9-20(11-19)28-2)12-22-13-17-10-18(16-6-4-3-5-7-16)14-26-21(17)23-24-25-26/h3-11,14,22H,12-13H2,1-2H3. The molecule has 0 aliphatic rings. The van der Waals surface area contributed by atoms with Crippen LogP contribution in [0.2, 0.25) is 0 Å². The number of tetrazole rings is 1. The average Bonchev–Trinajstić information content (AvgIpc) is 3.23. The Kier molecular flexibility index (Phi) is 5.16. The van der Waals surface area contributed by atoms with Crippen molar-refractivity contribution in [3.8, 4) is 22.6 Å². The van der Waals surface area contributed by atoms with E-state index in [-0.39, 0.29) is 0 Å². The second-order valence-corrected chi connectivity index (χ2v) is 6.39. The van der Waals surface area contributed by atoms with Crippen molar-refractivity contribution in [2.24, 2.45) is 0 Å². The molecule has 7 nitrogen and oxygen atoms in total. The summed E-state index contributed by atoms with van der Waals surface area (Å²) in [6.07, 6.45) is 1.95. The number of benzene rings is 2. The topological polar surface area (TPSA) is 73.6 Å². The maximum atomic E-state index is 5.34. The average molecular weight is 375 g/mol. The minimum Gasteiger partial charge on any atom is -0.497 e. The smallest absolute Gasteiger partial charge is 0.183 e. The van der Waals surface area contributed by atoms with Crippen LogP contribution in [0.4, 0.5) is 0 Å². The van der Waals surface area contributed by atoms with Gasteiger partial charge in [-0.1, -0.05) is 30.3 Å². The molecule has 0 atom stereocenters. The Balaban J connectivity index is 1.56. The Morgan fingerprint density at radius 2 is 1.64 bits per heavy atom. The van der Waals surface area contributed by atoms with Crippen LogP contribution in [0.1, 0.15) is 11.1 Å². The van der Waals surface area contributed by atoms with Crippen LogP contribution in [-0.4, -0.2) is 34.3 Å². The second-order valence-electron chi connectivity index (χ2n) is 6.39. The maximum Gasteiger partial charge on any atom is 0.183 e. The van der Waals surface area contributed by atoms with Gasteiger partial charge in [-0.25, -0.2) is 0 Å². The van der Waals surface area contributed by atoms with Gasteiger partial charge in [-0.3, -0.25) is 0 Å². The van der Waals surface area contributed by atoms with Gasteiger partial charge in [0.2, 0.25) is 0 Å². The molecule has 0 amide bonds. The first-order chi connectivity index (χ1) is 13.8. The molecule has 7 heteroatoms. The van der Waals surface area contributed by atoms with Gasteiger partial charge >= 0.3 is 0 Å². The molecule has 142 valence electrons. The summed E-state index contributed by atoms with van der Waals surface area (Å²) in [5.74, 6) is 1.54. The van der Waals surface area contributed by atoms with Crippen LogP contribution in [-0.2, 0) is 13.1 Å². The quantitative estimate of drug-likeness (QED) is 0.535. The van der Waals surface area contributed by atoms with Crippen LogP contribution in [0, 0.1) is 0 Å². The number of ether oxygens (including phenoxy) is 2. The second kappa shape index (κ2) is 8.06. The minimum atomic E-state index is 0.629. The van der Waals surface area contributed by atoms with Gasteiger partial charge in [0.05, 0.1) is 14.2 Å². The van der Waals surface area contributed by atoms with Gasteiger partial charge in [-0.15, -0.1) is 5.10 Å². The van der Waals surface area contributed by atoms with Crippen LogP contribution in [0.5, 0.6) is 11.5 Å². The number of hydrogen-bond donors (Lipinski definition) is 1. The molecule has 0 fully saturated rings. The summed E-state index contributed by atoms with van der Waals surface area (Å²) in [6, 6.07) is 18.2. The van der Waals surface area contributed by atoms with E-state index in [1.54, 1.807) is 18.7 Å². The van der Waals surface area contributed by atoms with Crippen LogP contribution >= 0.6 is 0 Å². The van der Waals surface area contributed by atoms with E-state index < -0.39 is 0 Å².